The molecule has 1 heterocycles. The van der Waals surface area contributed by atoms with Crippen molar-refractivity contribution in [2.24, 2.45) is 0 Å². The average molecular weight is 250 g/mol. The molecule has 1 aromatic rings. The van der Waals surface area contributed by atoms with E-state index in [-0.39, 0.29) is 6.10 Å². The van der Waals surface area contributed by atoms with Gasteiger partial charge >= 0.3 is 6.09 Å². The Hall–Kier alpha value is -1.59. The Morgan fingerprint density at radius 1 is 1.50 bits per heavy atom. The summed E-state index contributed by atoms with van der Waals surface area (Å²) >= 11 is 0. The molecule has 1 unspecified atom stereocenters. The maximum Gasteiger partial charge on any atom is 0.412 e. The highest BCUT2D eigenvalue weighted by Crippen LogP contribution is 2.08. The molecule has 0 saturated carbocycles. The Balaban J connectivity index is 1.71. The van der Waals surface area contributed by atoms with Crippen LogP contribution < -0.4 is 10.1 Å². The van der Waals surface area contributed by atoms with E-state index in [9.17, 15) is 4.79 Å². The first-order valence-corrected chi connectivity index (χ1v) is 6.05. The summed E-state index contributed by atoms with van der Waals surface area (Å²) in [6.45, 7) is 2.93. The number of para-hydroxylation sites is 1. The third-order valence-corrected chi connectivity index (χ3v) is 2.77. The van der Waals surface area contributed by atoms with Gasteiger partial charge in [0.1, 0.15) is 5.75 Å². The highest BCUT2D eigenvalue weighted by molar-refractivity contribution is 5.70. The van der Waals surface area contributed by atoms with E-state index in [1.54, 1.807) is 12.1 Å². The van der Waals surface area contributed by atoms with E-state index in [4.69, 9.17) is 9.47 Å². The van der Waals surface area contributed by atoms with Crippen molar-refractivity contribution in [3.8, 4) is 5.75 Å². The number of carbonyl (C=O) groups excluding carboxylic acids is 1. The summed E-state index contributed by atoms with van der Waals surface area (Å²) in [5.74, 6) is 0.539. The number of hydrogen-bond donors (Lipinski definition) is 1. The predicted octanol–water partition coefficient (Wildman–Crippen LogP) is 1.11. The fourth-order valence-electron chi connectivity index (χ4n) is 1.82. The average Bonchev–Trinajstić information content (AvgIpc) is 2.38. The molecule has 1 N–H and O–H groups in total. The number of amides is 1. The molecule has 0 aromatic heterocycles. The molecule has 18 heavy (non-hydrogen) atoms. The number of hydrogen-bond acceptors (Lipinski definition) is 4. The van der Waals surface area contributed by atoms with Crippen LogP contribution in [0.1, 0.15) is 0 Å². The molecule has 1 fully saturated rings. The second-order valence-corrected chi connectivity index (χ2v) is 4.34. The Labute approximate surface area is 107 Å². The summed E-state index contributed by atoms with van der Waals surface area (Å²) in [7, 11) is 2.04. The first-order chi connectivity index (χ1) is 8.74. The largest absolute Gasteiger partial charge is 0.412 e. The van der Waals surface area contributed by atoms with Crippen molar-refractivity contribution < 1.29 is 14.3 Å². The van der Waals surface area contributed by atoms with Crippen molar-refractivity contribution in [1.29, 1.82) is 0 Å². The SMILES string of the molecule is CN1CCOC(CNC(=O)Oc2ccccc2)C1. The smallest absolute Gasteiger partial charge is 0.410 e. The molecule has 5 nitrogen and oxygen atoms in total. The van der Waals surface area contributed by atoms with E-state index in [1.165, 1.54) is 0 Å². The number of likely N-dealkylation sites (N-methyl/N-ethyl adjacent to an activating group) is 1. The molecule has 2 rings (SSSR count). The summed E-state index contributed by atoms with van der Waals surface area (Å²) in [5, 5.41) is 2.71. The number of rotatable bonds is 3. The van der Waals surface area contributed by atoms with Crippen molar-refractivity contribution >= 4 is 6.09 Å². The fourth-order valence-corrected chi connectivity index (χ4v) is 1.82. The fraction of sp³-hybridized carbons (Fsp3) is 0.462. The zero-order chi connectivity index (χ0) is 12.8. The number of carbonyl (C=O) groups is 1. The molecule has 0 spiro atoms. The van der Waals surface area contributed by atoms with E-state index in [1.807, 2.05) is 25.2 Å². The second kappa shape index (κ2) is 6.37. The molecule has 1 aromatic carbocycles. The molecule has 0 aliphatic carbocycles. The van der Waals surface area contributed by atoms with Crippen LogP contribution in [0.5, 0.6) is 5.75 Å². The van der Waals surface area contributed by atoms with Crippen LogP contribution in [0.25, 0.3) is 0 Å². The third-order valence-electron chi connectivity index (χ3n) is 2.77. The van der Waals surface area contributed by atoms with Gasteiger partial charge in [-0.25, -0.2) is 4.79 Å². The zero-order valence-electron chi connectivity index (χ0n) is 10.5. The van der Waals surface area contributed by atoms with Gasteiger partial charge in [0.25, 0.3) is 0 Å². The van der Waals surface area contributed by atoms with Gasteiger partial charge in [-0.2, -0.15) is 0 Å². The lowest BCUT2D eigenvalue weighted by Gasteiger charge is -2.29. The van der Waals surface area contributed by atoms with Crippen LogP contribution in [-0.2, 0) is 4.74 Å². The highest BCUT2D eigenvalue weighted by Gasteiger charge is 2.18. The van der Waals surface area contributed by atoms with Crippen LogP contribution in [0, 0.1) is 0 Å². The van der Waals surface area contributed by atoms with Crippen LogP contribution in [-0.4, -0.2) is 50.4 Å². The molecular weight excluding hydrogens is 232 g/mol. The summed E-state index contributed by atoms with van der Waals surface area (Å²) in [5.41, 5.74) is 0. The summed E-state index contributed by atoms with van der Waals surface area (Å²) in [6.07, 6.45) is -0.412. The number of nitrogens with one attached hydrogen (secondary N) is 1. The standard InChI is InChI=1S/C13H18N2O3/c1-15-7-8-17-12(10-15)9-14-13(16)18-11-5-3-2-4-6-11/h2-6,12H,7-10H2,1H3,(H,14,16). The molecule has 1 atom stereocenters. The summed E-state index contributed by atoms with van der Waals surface area (Å²) in [4.78, 5) is 13.7. The van der Waals surface area contributed by atoms with Gasteiger partial charge < -0.3 is 19.7 Å². The molecule has 0 bridgehead atoms. The molecule has 1 amide bonds. The number of morpholine rings is 1. The van der Waals surface area contributed by atoms with Gasteiger partial charge in [-0.3, -0.25) is 0 Å². The topological polar surface area (TPSA) is 50.8 Å². The van der Waals surface area contributed by atoms with Crippen molar-refractivity contribution in [3.63, 3.8) is 0 Å². The lowest BCUT2D eigenvalue weighted by molar-refractivity contribution is -0.0173. The first kappa shape index (κ1) is 12.9. The monoisotopic (exact) mass is 250 g/mol. The zero-order valence-corrected chi connectivity index (χ0v) is 10.5. The van der Waals surface area contributed by atoms with E-state index < -0.39 is 6.09 Å². The molecular formula is C13H18N2O3. The van der Waals surface area contributed by atoms with E-state index in [2.05, 4.69) is 10.2 Å². The van der Waals surface area contributed by atoms with Crippen LogP contribution >= 0.6 is 0 Å². The number of nitrogens with zero attached hydrogens (tertiary/aromatic N) is 1. The Morgan fingerprint density at radius 3 is 3.00 bits per heavy atom. The van der Waals surface area contributed by atoms with Crippen molar-refractivity contribution in [2.75, 3.05) is 33.3 Å². The van der Waals surface area contributed by atoms with Crippen LogP contribution in [0.3, 0.4) is 0 Å². The quantitative estimate of drug-likeness (QED) is 0.873. The van der Waals surface area contributed by atoms with Gasteiger partial charge in [-0.1, -0.05) is 18.2 Å². The molecule has 1 saturated heterocycles. The lowest BCUT2D eigenvalue weighted by Crippen LogP contribution is -2.46. The van der Waals surface area contributed by atoms with Crippen LogP contribution in [0.4, 0.5) is 4.79 Å². The predicted molar refractivity (Wildman–Crippen MR) is 67.7 cm³/mol. The first-order valence-electron chi connectivity index (χ1n) is 6.05. The van der Waals surface area contributed by atoms with E-state index >= 15 is 0 Å². The third kappa shape index (κ3) is 4.01. The van der Waals surface area contributed by atoms with Gasteiger partial charge in [0.15, 0.2) is 0 Å². The maximum absolute atomic E-state index is 11.5. The second-order valence-electron chi connectivity index (χ2n) is 4.34. The van der Waals surface area contributed by atoms with Gasteiger partial charge in [0, 0.05) is 19.6 Å². The van der Waals surface area contributed by atoms with Gasteiger partial charge in [-0.05, 0) is 19.2 Å². The lowest BCUT2D eigenvalue weighted by atomic mass is 10.3. The molecule has 1 aliphatic heterocycles. The van der Waals surface area contributed by atoms with Crippen LogP contribution in [0.2, 0.25) is 0 Å². The van der Waals surface area contributed by atoms with Crippen LogP contribution in [0.15, 0.2) is 30.3 Å². The Kier molecular flexibility index (Phi) is 4.55. The minimum absolute atomic E-state index is 0.0343. The van der Waals surface area contributed by atoms with Gasteiger partial charge in [-0.15, -0.1) is 0 Å². The minimum atomic E-state index is -0.446. The van der Waals surface area contributed by atoms with E-state index in [0.717, 1.165) is 13.1 Å². The van der Waals surface area contributed by atoms with Crippen molar-refractivity contribution in [2.45, 2.75) is 6.10 Å². The van der Waals surface area contributed by atoms with Gasteiger partial charge in [0.2, 0.25) is 0 Å². The van der Waals surface area contributed by atoms with E-state index in [0.29, 0.717) is 18.9 Å². The Morgan fingerprint density at radius 2 is 2.28 bits per heavy atom. The molecule has 0 radical (unpaired) electrons. The van der Waals surface area contributed by atoms with Gasteiger partial charge in [0.05, 0.1) is 12.7 Å². The molecule has 1 aliphatic rings. The molecule has 98 valence electrons. The highest BCUT2D eigenvalue weighted by atomic mass is 16.6. The summed E-state index contributed by atoms with van der Waals surface area (Å²) < 4.78 is 10.7. The van der Waals surface area contributed by atoms with Crippen molar-refractivity contribution in [1.82, 2.24) is 10.2 Å². The Bertz CT molecular complexity index is 383. The number of ether oxygens (including phenoxy) is 2. The minimum Gasteiger partial charge on any atom is -0.410 e. The summed E-state index contributed by atoms with van der Waals surface area (Å²) in [6, 6.07) is 9.00. The number of benzene rings is 1. The van der Waals surface area contributed by atoms with Crippen molar-refractivity contribution in [3.05, 3.63) is 30.3 Å². The maximum atomic E-state index is 11.5. The molecule has 5 heteroatoms. The normalized spacial score (nSPS) is 20.4.